The third-order valence-corrected chi connectivity index (χ3v) is 9.87. The summed E-state index contributed by atoms with van der Waals surface area (Å²) < 4.78 is 6.99. The SMILES string of the molecule is Cc1cccc(C)c1N1CC=C[C@]23O[C@]4(C)C=CCN(Cc5ccccc5)C(=O)[C@@H]4[C@H]2C(=O)N(CCCCCCO)C3C1=O. The van der Waals surface area contributed by atoms with E-state index in [-0.39, 0.29) is 24.3 Å². The van der Waals surface area contributed by atoms with E-state index in [9.17, 15) is 19.5 Å². The monoisotopic (exact) mass is 597 g/mol. The number of rotatable bonds is 9. The highest BCUT2D eigenvalue weighted by Gasteiger charge is 2.74. The van der Waals surface area contributed by atoms with Crippen molar-refractivity contribution in [2.45, 2.75) is 70.2 Å². The minimum absolute atomic E-state index is 0.128. The lowest BCUT2D eigenvalue weighted by atomic mass is 9.74. The quantitative estimate of drug-likeness (QED) is 0.344. The number of hydrogen-bond acceptors (Lipinski definition) is 5. The zero-order valence-electron chi connectivity index (χ0n) is 25.9. The molecule has 4 aliphatic rings. The highest BCUT2D eigenvalue weighted by molar-refractivity contribution is 6.06. The van der Waals surface area contributed by atoms with Gasteiger partial charge in [-0.05, 0) is 50.3 Å². The van der Waals surface area contributed by atoms with Gasteiger partial charge in [-0.1, -0.05) is 85.7 Å². The van der Waals surface area contributed by atoms with Crippen molar-refractivity contribution < 1.29 is 24.2 Å². The summed E-state index contributed by atoms with van der Waals surface area (Å²) in [5.74, 6) is -2.12. The first-order chi connectivity index (χ1) is 21.2. The lowest BCUT2D eigenvalue weighted by Crippen LogP contribution is -2.56. The summed E-state index contributed by atoms with van der Waals surface area (Å²) in [5.41, 5.74) is 1.50. The van der Waals surface area contributed by atoms with Crippen LogP contribution in [0.25, 0.3) is 0 Å². The Balaban J connectivity index is 1.41. The fourth-order valence-electron chi connectivity index (χ4n) is 7.94. The Morgan fingerprint density at radius 3 is 2.25 bits per heavy atom. The number of aliphatic hydroxyl groups excluding tert-OH is 1. The molecular formula is C36H43N3O5. The molecule has 2 aromatic rings. The van der Waals surface area contributed by atoms with Gasteiger partial charge in [0.15, 0.2) is 0 Å². The number of carbonyl (C=O) groups is 3. The summed E-state index contributed by atoms with van der Waals surface area (Å²) in [6, 6.07) is 14.9. The summed E-state index contributed by atoms with van der Waals surface area (Å²) in [6.45, 7) is 7.60. The summed E-state index contributed by atoms with van der Waals surface area (Å²) in [6.07, 6.45) is 10.8. The predicted molar refractivity (Wildman–Crippen MR) is 169 cm³/mol. The van der Waals surface area contributed by atoms with Crippen LogP contribution in [0.2, 0.25) is 0 Å². The second-order valence-corrected chi connectivity index (χ2v) is 12.9. The zero-order valence-corrected chi connectivity index (χ0v) is 25.9. The predicted octanol–water partition coefficient (Wildman–Crippen LogP) is 4.33. The van der Waals surface area contributed by atoms with Gasteiger partial charge in [-0.25, -0.2) is 0 Å². The fraction of sp³-hybridized carbons (Fsp3) is 0.472. The molecule has 5 atom stereocenters. The van der Waals surface area contributed by atoms with Gasteiger partial charge in [0.2, 0.25) is 11.8 Å². The van der Waals surface area contributed by atoms with Crippen LogP contribution in [0.15, 0.2) is 72.8 Å². The molecule has 232 valence electrons. The Kier molecular flexibility index (Phi) is 8.24. The lowest BCUT2D eigenvalue weighted by Gasteiger charge is -2.38. The van der Waals surface area contributed by atoms with Gasteiger partial charge < -0.3 is 24.5 Å². The van der Waals surface area contributed by atoms with Crippen molar-refractivity contribution >= 4 is 23.4 Å². The van der Waals surface area contributed by atoms with E-state index in [1.807, 2.05) is 93.6 Å². The second-order valence-electron chi connectivity index (χ2n) is 12.9. The van der Waals surface area contributed by atoms with Crippen LogP contribution in [-0.4, -0.2) is 76.1 Å². The van der Waals surface area contributed by atoms with Gasteiger partial charge in [0, 0.05) is 38.5 Å². The molecule has 0 aliphatic carbocycles. The number of amides is 3. The van der Waals surface area contributed by atoms with Crippen LogP contribution in [-0.2, 0) is 25.7 Å². The molecule has 4 aliphatic heterocycles. The molecule has 2 fully saturated rings. The van der Waals surface area contributed by atoms with E-state index in [1.54, 1.807) is 14.7 Å². The summed E-state index contributed by atoms with van der Waals surface area (Å²) in [5, 5.41) is 9.25. The standard InChI is InChI=1S/C36H43N3O5/c1-25-14-11-15-26(2)30(25)38-22-13-19-36-29(33(42)39(31(36)34(38)43)21-9-4-5-10-23-40)28-32(41)37(20-12-18-35(28,3)44-36)24-27-16-7-6-8-17-27/h6-8,11-19,28-29,31,40H,4-5,9-10,20-24H2,1-3H3/t28-,29-,31?,35+,36-/m0/s1. The van der Waals surface area contributed by atoms with E-state index >= 15 is 0 Å². The Morgan fingerprint density at radius 2 is 1.52 bits per heavy atom. The maximum absolute atomic E-state index is 14.8. The van der Waals surface area contributed by atoms with Crippen molar-refractivity contribution in [2.24, 2.45) is 11.8 Å². The van der Waals surface area contributed by atoms with Gasteiger partial charge in [0.25, 0.3) is 5.91 Å². The molecule has 2 saturated heterocycles. The van der Waals surface area contributed by atoms with Gasteiger partial charge >= 0.3 is 0 Å². The smallest absolute Gasteiger partial charge is 0.253 e. The number of hydrogen-bond donors (Lipinski definition) is 1. The number of aliphatic hydroxyl groups is 1. The Bertz CT molecular complexity index is 1470. The van der Waals surface area contributed by atoms with Crippen LogP contribution >= 0.6 is 0 Å². The Hall–Kier alpha value is -3.75. The topological polar surface area (TPSA) is 90.4 Å². The largest absolute Gasteiger partial charge is 0.396 e. The molecule has 1 spiro atoms. The minimum atomic E-state index is -1.28. The van der Waals surface area contributed by atoms with Crippen molar-refractivity contribution in [3.8, 4) is 0 Å². The molecule has 44 heavy (non-hydrogen) atoms. The van der Waals surface area contributed by atoms with E-state index < -0.39 is 29.1 Å². The number of benzene rings is 2. The van der Waals surface area contributed by atoms with Crippen molar-refractivity contribution in [2.75, 3.05) is 31.1 Å². The maximum Gasteiger partial charge on any atom is 0.253 e. The van der Waals surface area contributed by atoms with Gasteiger partial charge in [-0.15, -0.1) is 0 Å². The Labute approximate surface area is 260 Å². The minimum Gasteiger partial charge on any atom is -0.396 e. The first-order valence-corrected chi connectivity index (χ1v) is 15.9. The van der Waals surface area contributed by atoms with E-state index in [2.05, 4.69) is 0 Å². The number of ether oxygens (including phenoxy) is 1. The first kappa shape index (κ1) is 30.3. The van der Waals surface area contributed by atoms with E-state index in [0.717, 1.165) is 35.2 Å². The van der Waals surface area contributed by atoms with Gasteiger partial charge in [0.05, 0.1) is 17.4 Å². The summed E-state index contributed by atoms with van der Waals surface area (Å²) >= 11 is 0. The fourth-order valence-corrected chi connectivity index (χ4v) is 7.94. The first-order valence-electron chi connectivity index (χ1n) is 15.9. The molecule has 0 bridgehead atoms. The van der Waals surface area contributed by atoms with Crippen molar-refractivity contribution in [1.29, 1.82) is 0 Å². The van der Waals surface area contributed by atoms with Crippen LogP contribution in [0.5, 0.6) is 0 Å². The molecule has 8 nitrogen and oxygen atoms in total. The molecule has 0 aromatic heterocycles. The Morgan fingerprint density at radius 1 is 0.818 bits per heavy atom. The van der Waals surface area contributed by atoms with Crippen LogP contribution < -0.4 is 4.90 Å². The molecule has 4 heterocycles. The highest BCUT2D eigenvalue weighted by atomic mass is 16.5. The zero-order chi connectivity index (χ0) is 31.1. The van der Waals surface area contributed by atoms with Crippen LogP contribution in [0, 0.1) is 25.7 Å². The third-order valence-electron chi connectivity index (χ3n) is 9.87. The van der Waals surface area contributed by atoms with E-state index in [1.165, 1.54) is 0 Å². The van der Waals surface area contributed by atoms with Gasteiger partial charge in [0.1, 0.15) is 11.6 Å². The molecule has 1 unspecified atom stereocenters. The number of para-hydroxylation sites is 1. The number of unbranched alkanes of at least 4 members (excludes halogenated alkanes) is 3. The second kappa shape index (κ2) is 12.0. The lowest BCUT2D eigenvalue weighted by molar-refractivity contribution is -0.148. The maximum atomic E-state index is 14.8. The molecule has 0 radical (unpaired) electrons. The molecule has 0 saturated carbocycles. The van der Waals surface area contributed by atoms with Gasteiger partial charge in [-0.3, -0.25) is 14.4 Å². The van der Waals surface area contributed by atoms with Crippen LogP contribution in [0.1, 0.15) is 49.3 Å². The molecular weight excluding hydrogens is 554 g/mol. The number of fused-ring (bicyclic) bond motifs is 2. The van der Waals surface area contributed by atoms with Crippen LogP contribution in [0.4, 0.5) is 5.69 Å². The molecule has 1 N–H and O–H groups in total. The number of aryl methyl sites for hydroxylation is 2. The number of carbonyl (C=O) groups excluding carboxylic acids is 3. The third kappa shape index (κ3) is 4.98. The van der Waals surface area contributed by atoms with E-state index in [4.69, 9.17) is 4.74 Å². The van der Waals surface area contributed by atoms with Crippen molar-refractivity contribution in [3.05, 3.63) is 89.5 Å². The number of anilines is 1. The van der Waals surface area contributed by atoms with E-state index in [0.29, 0.717) is 39.0 Å². The van der Waals surface area contributed by atoms with Crippen molar-refractivity contribution in [1.82, 2.24) is 9.80 Å². The van der Waals surface area contributed by atoms with Crippen molar-refractivity contribution in [3.63, 3.8) is 0 Å². The number of nitrogens with zero attached hydrogens (tertiary/aromatic N) is 3. The summed E-state index contributed by atoms with van der Waals surface area (Å²) in [7, 11) is 0. The average Bonchev–Trinajstić information content (AvgIpc) is 3.27. The molecule has 2 aromatic carbocycles. The average molecular weight is 598 g/mol. The molecule has 6 rings (SSSR count). The molecule has 3 amide bonds. The number of likely N-dealkylation sites (tertiary alicyclic amines) is 1. The normalized spacial score (nSPS) is 29.5. The molecule has 8 heteroatoms. The van der Waals surface area contributed by atoms with Gasteiger partial charge in [-0.2, -0.15) is 0 Å². The summed E-state index contributed by atoms with van der Waals surface area (Å²) in [4.78, 5) is 49.2. The highest BCUT2D eigenvalue weighted by Crippen LogP contribution is 2.57. The van der Waals surface area contributed by atoms with Crippen LogP contribution in [0.3, 0.4) is 0 Å².